The second-order valence-electron chi connectivity index (χ2n) is 6.35. The first kappa shape index (κ1) is 15.5. The quantitative estimate of drug-likeness (QED) is 0.581. The van der Waals surface area contributed by atoms with Crippen LogP contribution in [0.1, 0.15) is 27.9 Å². The van der Waals surface area contributed by atoms with Gasteiger partial charge in [0.25, 0.3) is 0 Å². The molecule has 0 amide bonds. The molecular weight excluding hydrogens is 258 g/mol. The molecule has 0 spiro atoms. The number of rotatable bonds is 6. The Hall–Kier alpha value is -1.93. The van der Waals surface area contributed by atoms with Crippen LogP contribution in [-0.2, 0) is 6.54 Å². The zero-order valence-electron chi connectivity index (χ0n) is 13.2. The lowest BCUT2D eigenvalue weighted by Gasteiger charge is -2.29. The van der Waals surface area contributed by atoms with E-state index < -0.39 is 0 Å². The maximum absolute atomic E-state index is 12.2. The molecule has 0 radical (unpaired) electrons. The van der Waals surface area contributed by atoms with Crippen molar-refractivity contribution in [1.29, 1.82) is 0 Å². The summed E-state index contributed by atoms with van der Waals surface area (Å²) in [6.07, 6.45) is 0.586. The van der Waals surface area contributed by atoms with Crippen molar-refractivity contribution in [3.05, 3.63) is 71.3 Å². The number of ketones is 1. The summed E-state index contributed by atoms with van der Waals surface area (Å²) in [7, 11) is 4.36. The maximum atomic E-state index is 12.2. The highest BCUT2D eigenvalue weighted by atomic mass is 16.1. The van der Waals surface area contributed by atoms with Gasteiger partial charge in [0.2, 0.25) is 0 Å². The molecule has 0 fully saturated rings. The molecule has 2 aromatic rings. The Labute approximate surface area is 127 Å². The number of quaternary nitrogens is 1. The fourth-order valence-electron chi connectivity index (χ4n) is 2.56. The van der Waals surface area contributed by atoms with Crippen LogP contribution in [0.3, 0.4) is 0 Å². The van der Waals surface area contributed by atoms with Crippen LogP contribution in [0.25, 0.3) is 0 Å². The van der Waals surface area contributed by atoms with Crippen molar-refractivity contribution < 1.29 is 9.28 Å². The van der Waals surface area contributed by atoms with Gasteiger partial charge in [-0.3, -0.25) is 4.79 Å². The largest absolute Gasteiger partial charge is 0.324 e. The Morgan fingerprint density at radius 3 is 2.38 bits per heavy atom. The van der Waals surface area contributed by atoms with Crippen molar-refractivity contribution in [1.82, 2.24) is 0 Å². The smallest absolute Gasteiger partial charge is 0.168 e. The molecule has 2 aromatic carbocycles. The van der Waals surface area contributed by atoms with Gasteiger partial charge in [0.1, 0.15) is 6.54 Å². The zero-order valence-corrected chi connectivity index (χ0v) is 13.2. The molecule has 0 aliphatic heterocycles. The predicted octanol–water partition coefficient (Wildman–Crippen LogP) is 3.84. The van der Waals surface area contributed by atoms with E-state index >= 15 is 0 Å². The lowest BCUT2D eigenvalue weighted by Crippen LogP contribution is -2.40. The van der Waals surface area contributed by atoms with E-state index in [-0.39, 0.29) is 5.78 Å². The molecular formula is C19H24NO+. The van der Waals surface area contributed by atoms with Crippen molar-refractivity contribution in [2.75, 3.05) is 20.6 Å². The van der Waals surface area contributed by atoms with Crippen LogP contribution in [-0.4, -0.2) is 30.9 Å². The first-order chi connectivity index (χ1) is 9.96. The number of hydrogen-bond donors (Lipinski definition) is 0. The summed E-state index contributed by atoms with van der Waals surface area (Å²) in [5.41, 5.74) is 3.42. The second-order valence-corrected chi connectivity index (χ2v) is 6.35. The Morgan fingerprint density at radius 2 is 1.71 bits per heavy atom. The Morgan fingerprint density at radius 1 is 1.00 bits per heavy atom. The van der Waals surface area contributed by atoms with Crippen molar-refractivity contribution >= 4 is 5.78 Å². The number of carbonyl (C=O) groups is 1. The number of benzene rings is 2. The molecule has 0 N–H and O–H groups in total. The molecule has 0 bridgehead atoms. The SMILES string of the molecule is Cc1cccc(C[N+](C)(C)CCC(=O)c2ccccc2)c1. The number of aryl methyl sites for hydroxylation is 1. The van der Waals surface area contributed by atoms with Crippen LogP contribution < -0.4 is 0 Å². The average Bonchev–Trinajstić information content (AvgIpc) is 2.45. The lowest BCUT2D eigenvalue weighted by molar-refractivity contribution is -0.903. The summed E-state index contributed by atoms with van der Waals surface area (Å²) in [6, 6.07) is 18.1. The van der Waals surface area contributed by atoms with E-state index in [1.807, 2.05) is 30.3 Å². The minimum Gasteiger partial charge on any atom is -0.324 e. The Bertz CT molecular complexity index is 602. The van der Waals surface area contributed by atoms with Crippen molar-refractivity contribution in [3.8, 4) is 0 Å². The van der Waals surface area contributed by atoms with Gasteiger partial charge in [-0.2, -0.15) is 0 Å². The molecule has 0 heterocycles. The van der Waals surface area contributed by atoms with Gasteiger partial charge in [-0.15, -0.1) is 0 Å². The summed E-state index contributed by atoms with van der Waals surface area (Å²) in [5, 5.41) is 0. The number of carbonyl (C=O) groups excluding carboxylic acids is 1. The van der Waals surface area contributed by atoms with Gasteiger partial charge >= 0.3 is 0 Å². The molecule has 0 saturated carbocycles. The van der Waals surface area contributed by atoms with E-state index in [0.717, 1.165) is 23.1 Å². The number of Topliss-reactive ketones (excluding diaryl/α,β-unsaturated/α-hetero) is 1. The van der Waals surface area contributed by atoms with Crippen molar-refractivity contribution in [2.45, 2.75) is 19.9 Å². The summed E-state index contributed by atoms with van der Waals surface area (Å²) < 4.78 is 0.821. The molecule has 0 unspecified atom stereocenters. The highest BCUT2D eigenvalue weighted by Gasteiger charge is 2.18. The maximum Gasteiger partial charge on any atom is 0.168 e. The fourth-order valence-corrected chi connectivity index (χ4v) is 2.56. The topological polar surface area (TPSA) is 17.1 Å². The standard InChI is InChI=1S/C19H24NO/c1-16-8-7-9-17(14-16)15-20(2,3)13-12-19(21)18-10-5-4-6-11-18/h4-11,14H,12-13,15H2,1-3H3/q+1. The van der Waals surface area contributed by atoms with Crippen LogP contribution in [0.2, 0.25) is 0 Å². The van der Waals surface area contributed by atoms with E-state index in [1.165, 1.54) is 11.1 Å². The van der Waals surface area contributed by atoms with Gasteiger partial charge in [-0.25, -0.2) is 0 Å². The van der Waals surface area contributed by atoms with Gasteiger partial charge in [-0.1, -0.05) is 60.2 Å². The lowest BCUT2D eigenvalue weighted by atomic mass is 10.1. The summed E-state index contributed by atoms with van der Waals surface area (Å²) in [6.45, 7) is 3.91. The predicted molar refractivity (Wildman–Crippen MR) is 87.2 cm³/mol. The normalized spacial score (nSPS) is 11.4. The molecule has 0 aromatic heterocycles. The Kier molecular flexibility index (Phi) is 4.92. The molecule has 0 atom stereocenters. The molecule has 110 valence electrons. The second kappa shape index (κ2) is 6.68. The third kappa shape index (κ3) is 4.83. The minimum absolute atomic E-state index is 0.228. The van der Waals surface area contributed by atoms with E-state index in [1.54, 1.807) is 0 Å². The molecule has 21 heavy (non-hydrogen) atoms. The van der Waals surface area contributed by atoms with Crippen LogP contribution in [0.15, 0.2) is 54.6 Å². The first-order valence-corrected chi connectivity index (χ1v) is 7.42. The first-order valence-electron chi connectivity index (χ1n) is 7.42. The monoisotopic (exact) mass is 282 g/mol. The highest BCUT2D eigenvalue weighted by Crippen LogP contribution is 2.13. The van der Waals surface area contributed by atoms with Gasteiger partial charge in [-0.05, 0) is 6.92 Å². The van der Waals surface area contributed by atoms with Gasteiger partial charge < -0.3 is 4.48 Å². The van der Waals surface area contributed by atoms with Crippen LogP contribution in [0.5, 0.6) is 0 Å². The van der Waals surface area contributed by atoms with Crippen molar-refractivity contribution in [3.63, 3.8) is 0 Å². The van der Waals surface area contributed by atoms with Gasteiger partial charge in [0.05, 0.1) is 27.1 Å². The van der Waals surface area contributed by atoms with Crippen molar-refractivity contribution in [2.24, 2.45) is 0 Å². The van der Waals surface area contributed by atoms with Gasteiger partial charge in [0, 0.05) is 11.1 Å². The fraction of sp³-hybridized carbons (Fsp3) is 0.316. The van der Waals surface area contributed by atoms with E-state index in [2.05, 4.69) is 45.3 Å². The number of hydrogen-bond acceptors (Lipinski definition) is 1. The molecule has 0 aliphatic carbocycles. The van der Waals surface area contributed by atoms with Crippen LogP contribution >= 0.6 is 0 Å². The third-order valence-corrected chi connectivity index (χ3v) is 3.73. The third-order valence-electron chi connectivity index (χ3n) is 3.73. The summed E-state index contributed by atoms with van der Waals surface area (Å²) >= 11 is 0. The molecule has 0 saturated heterocycles. The number of nitrogens with zero attached hydrogens (tertiary/aromatic N) is 1. The average molecular weight is 282 g/mol. The molecule has 0 aliphatic rings. The highest BCUT2D eigenvalue weighted by molar-refractivity contribution is 5.96. The van der Waals surface area contributed by atoms with E-state index in [4.69, 9.17) is 0 Å². The van der Waals surface area contributed by atoms with Gasteiger partial charge in [0.15, 0.2) is 5.78 Å². The van der Waals surface area contributed by atoms with Crippen LogP contribution in [0, 0.1) is 6.92 Å². The molecule has 2 heteroatoms. The molecule has 2 rings (SSSR count). The summed E-state index contributed by atoms with van der Waals surface area (Å²) in [4.78, 5) is 12.2. The zero-order chi connectivity index (χ0) is 15.3. The minimum atomic E-state index is 0.228. The summed E-state index contributed by atoms with van der Waals surface area (Å²) in [5.74, 6) is 0.228. The molecule has 2 nitrogen and oxygen atoms in total. The van der Waals surface area contributed by atoms with E-state index in [0.29, 0.717) is 6.42 Å². The van der Waals surface area contributed by atoms with Crippen LogP contribution in [0.4, 0.5) is 0 Å². The Balaban J connectivity index is 1.93. The van der Waals surface area contributed by atoms with E-state index in [9.17, 15) is 4.79 Å².